The number of carboxylic acids is 1. The van der Waals surface area contributed by atoms with Crippen molar-refractivity contribution in [3.05, 3.63) is 52.4 Å². The Morgan fingerprint density at radius 1 is 1.36 bits per heavy atom. The van der Waals surface area contributed by atoms with Gasteiger partial charge >= 0.3 is 5.97 Å². The lowest BCUT2D eigenvalue weighted by atomic mass is 10.1. The molecular formula is C15H13N3O4. The lowest BCUT2D eigenvalue weighted by Gasteiger charge is -2.03. The van der Waals surface area contributed by atoms with Crippen molar-refractivity contribution in [2.75, 3.05) is 6.61 Å². The second-order valence-corrected chi connectivity index (χ2v) is 4.60. The van der Waals surface area contributed by atoms with E-state index in [2.05, 4.69) is 10.1 Å². The van der Waals surface area contributed by atoms with Crippen LogP contribution in [0, 0.1) is 0 Å². The van der Waals surface area contributed by atoms with Crippen LogP contribution in [0.15, 0.2) is 41.3 Å². The summed E-state index contributed by atoms with van der Waals surface area (Å²) < 4.78 is 6.49. The molecule has 0 spiro atoms. The molecule has 3 rings (SSSR count). The molecule has 112 valence electrons. The summed E-state index contributed by atoms with van der Waals surface area (Å²) in [5.41, 5.74) is 0.839. The van der Waals surface area contributed by atoms with Crippen LogP contribution in [-0.4, -0.2) is 32.3 Å². The number of hydrogen-bond acceptors (Lipinski definition) is 4. The predicted molar refractivity (Wildman–Crippen MR) is 79.4 cm³/mol. The van der Waals surface area contributed by atoms with Crippen LogP contribution >= 0.6 is 0 Å². The van der Waals surface area contributed by atoms with Crippen molar-refractivity contribution >= 4 is 11.6 Å². The van der Waals surface area contributed by atoms with Gasteiger partial charge in [-0.2, -0.15) is 0 Å². The summed E-state index contributed by atoms with van der Waals surface area (Å²) >= 11 is 0. The van der Waals surface area contributed by atoms with Gasteiger partial charge in [0.1, 0.15) is 11.3 Å². The van der Waals surface area contributed by atoms with Gasteiger partial charge in [0.05, 0.1) is 12.3 Å². The molecular weight excluding hydrogens is 286 g/mol. The fourth-order valence-corrected chi connectivity index (χ4v) is 2.15. The number of hydrogen-bond donors (Lipinski definition) is 2. The summed E-state index contributed by atoms with van der Waals surface area (Å²) in [4.78, 5) is 27.0. The van der Waals surface area contributed by atoms with Gasteiger partial charge in [-0.3, -0.25) is 9.89 Å². The zero-order chi connectivity index (χ0) is 15.7. The average Bonchev–Trinajstić information content (AvgIpc) is 2.93. The van der Waals surface area contributed by atoms with Gasteiger partial charge in [0.2, 0.25) is 0 Å². The maximum absolute atomic E-state index is 12.0. The number of nitrogens with zero attached hydrogens (tertiary/aromatic N) is 2. The van der Waals surface area contributed by atoms with Gasteiger partial charge in [-0.25, -0.2) is 14.3 Å². The molecule has 0 saturated heterocycles. The van der Waals surface area contributed by atoms with Gasteiger partial charge in [0.25, 0.3) is 5.56 Å². The van der Waals surface area contributed by atoms with Gasteiger partial charge in [0, 0.05) is 12.3 Å². The molecule has 0 aliphatic heterocycles. The van der Waals surface area contributed by atoms with E-state index >= 15 is 0 Å². The van der Waals surface area contributed by atoms with Crippen molar-refractivity contribution in [3.8, 4) is 17.0 Å². The summed E-state index contributed by atoms with van der Waals surface area (Å²) in [6, 6.07) is 9.02. The number of aromatic carboxylic acids is 1. The molecule has 0 bridgehead atoms. The Balaban J connectivity index is 2.07. The number of nitrogens with one attached hydrogen (secondary N) is 1. The monoisotopic (exact) mass is 299 g/mol. The number of carboxylic acid groups (broad SMARTS) is 1. The molecule has 0 amide bonds. The number of ether oxygens (including phenoxy) is 1. The summed E-state index contributed by atoms with van der Waals surface area (Å²) in [6.45, 7) is 2.49. The highest BCUT2D eigenvalue weighted by molar-refractivity contribution is 5.87. The summed E-state index contributed by atoms with van der Waals surface area (Å²) in [5.74, 6) is -0.546. The number of H-pyrrole nitrogens is 1. The third-order valence-electron chi connectivity index (χ3n) is 3.20. The third kappa shape index (κ3) is 2.32. The molecule has 0 aliphatic carbocycles. The van der Waals surface area contributed by atoms with Crippen LogP contribution in [0.4, 0.5) is 0 Å². The molecule has 3 aromatic rings. The third-order valence-corrected chi connectivity index (χ3v) is 3.20. The number of carbonyl (C=O) groups is 1. The highest BCUT2D eigenvalue weighted by Crippen LogP contribution is 2.21. The van der Waals surface area contributed by atoms with E-state index in [1.165, 1.54) is 0 Å². The molecule has 22 heavy (non-hydrogen) atoms. The molecule has 0 atom stereocenters. The molecule has 1 aromatic carbocycles. The fourth-order valence-electron chi connectivity index (χ4n) is 2.15. The number of aromatic amines is 1. The second kappa shape index (κ2) is 5.36. The average molecular weight is 299 g/mol. The Labute approximate surface area is 124 Å². The maximum Gasteiger partial charge on any atom is 0.343 e. The zero-order valence-corrected chi connectivity index (χ0v) is 11.7. The molecule has 0 radical (unpaired) electrons. The van der Waals surface area contributed by atoms with E-state index in [1.807, 2.05) is 31.2 Å². The summed E-state index contributed by atoms with van der Waals surface area (Å²) in [7, 11) is 0. The number of fused-ring (bicyclic) bond motifs is 1. The van der Waals surface area contributed by atoms with E-state index < -0.39 is 11.5 Å². The summed E-state index contributed by atoms with van der Waals surface area (Å²) in [6.07, 6.45) is 1.07. The number of benzene rings is 1. The number of rotatable bonds is 4. The minimum Gasteiger partial charge on any atom is -0.494 e. The first-order valence-corrected chi connectivity index (χ1v) is 6.67. The maximum atomic E-state index is 12.0. The van der Waals surface area contributed by atoms with Crippen LogP contribution in [0.5, 0.6) is 5.75 Å². The fraction of sp³-hybridized carbons (Fsp3) is 0.133. The van der Waals surface area contributed by atoms with Gasteiger partial charge in [-0.05, 0) is 36.8 Å². The molecule has 2 heterocycles. The SMILES string of the molecule is CCOc1ccc(-c2cc3ncc(C(=O)O)c(=O)n3[nH]2)cc1. The van der Waals surface area contributed by atoms with Crippen LogP contribution < -0.4 is 10.3 Å². The van der Waals surface area contributed by atoms with Crippen LogP contribution in [0.1, 0.15) is 17.3 Å². The molecule has 2 N–H and O–H groups in total. The van der Waals surface area contributed by atoms with Gasteiger partial charge in [-0.1, -0.05) is 0 Å². The first kappa shape index (κ1) is 13.9. The minimum absolute atomic E-state index is 0.360. The zero-order valence-electron chi connectivity index (χ0n) is 11.7. The second-order valence-electron chi connectivity index (χ2n) is 4.60. The molecule has 2 aromatic heterocycles. The van der Waals surface area contributed by atoms with Crippen molar-refractivity contribution in [2.24, 2.45) is 0 Å². The Morgan fingerprint density at radius 2 is 2.09 bits per heavy atom. The largest absolute Gasteiger partial charge is 0.494 e. The van der Waals surface area contributed by atoms with Gasteiger partial charge in [0.15, 0.2) is 5.65 Å². The van der Waals surface area contributed by atoms with Crippen molar-refractivity contribution in [2.45, 2.75) is 6.92 Å². The Hall–Kier alpha value is -3.09. The van der Waals surface area contributed by atoms with E-state index in [1.54, 1.807) is 6.07 Å². The highest BCUT2D eigenvalue weighted by atomic mass is 16.5. The van der Waals surface area contributed by atoms with Crippen molar-refractivity contribution < 1.29 is 14.6 Å². The predicted octanol–water partition coefficient (Wildman–Crippen LogP) is 1.79. The highest BCUT2D eigenvalue weighted by Gasteiger charge is 2.13. The van der Waals surface area contributed by atoms with E-state index in [-0.39, 0.29) is 5.56 Å². The number of aromatic nitrogens is 3. The van der Waals surface area contributed by atoms with E-state index in [0.29, 0.717) is 17.9 Å². The molecule has 0 unspecified atom stereocenters. The van der Waals surface area contributed by atoms with Crippen LogP contribution in [0.3, 0.4) is 0 Å². The van der Waals surface area contributed by atoms with E-state index in [4.69, 9.17) is 9.84 Å². The van der Waals surface area contributed by atoms with Gasteiger partial charge in [-0.15, -0.1) is 0 Å². The Kier molecular flexibility index (Phi) is 3.38. The molecule has 0 saturated carbocycles. The van der Waals surface area contributed by atoms with Crippen LogP contribution in [0.25, 0.3) is 16.9 Å². The van der Waals surface area contributed by atoms with Crippen molar-refractivity contribution in [1.82, 2.24) is 14.6 Å². The Bertz CT molecular complexity index is 893. The minimum atomic E-state index is -1.30. The first-order valence-electron chi connectivity index (χ1n) is 6.67. The topological polar surface area (TPSA) is 96.7 Å². The molecule has 7 heteroatoms. The van der Waals surface area contributed by atoms with Crippen molar-refractivity contribution in [3.63, 3.8) is 0 Å². The Morgan fingerprint density at radius 3 is 2.73 bits per heavy atom. The lowest BCUT2D eigenvalue weighted by molar-refractivity contribution is 0.0694. The molecule has 0 fully saturated rings. The smallest absolute Gasteiger partial charge is 0.343 e. The quantitative estimate of drug-likeness (QED) is 0.765. The van der Waals surface area contributed by atoms with Gasteiger partial charge < -0.3 is 9.84 Å². The first-order chi connectivity index (χ1) is 10.6. The van der Waals surface area contributed by atoms with E-state index in [0.717, 1.165) is 22.0 Å². The molecule has 0 aliphatic rings. The van der Waals surface area contributed by atoms with Crippen LogP contribution in [0.2, 0.25) is 0 Å². The standard InChI is InChI=1S/C15H13N3O4/c1-2-22-10-5-3-9(4-6-10)12-7-13-16-8-11(15(20)21)14(19)18(13)17-12/h3-8,17H,2H2,1H3,(H,20,21). The molecule has 7 nitrogen and oxygen atoms in total. The van der Waals surface area contributed by atoms with Crippen LogP contribution in [-0.2, 0) is 0 Å². The summed E-state index contributed by atoms with van der Waals surface area (Å²) in [5, 5.41) is 11.8. The van der Waals surface area contributed by atoms with Crippen molar-refractivity contribution in [1.29, 1.82) is 0 Å². The normalized spacial score (nSPS) is 10.8. The van der Waals surface area contributed by atoms with E-state index in [9.17, 15) is 9.59 Å². The lowest BCUT2D eigenvalue weighted by Crippen LogP contribution is -2.22.